The third-order valence-corrected chi connectivity index (χ3v) is 4.76. The van der Waals surface area contributed by atoms with Gasteiger partial charge in [0.25, 0.3) is 0 Å². The Labute approximate surface area is 144 Å². The number of hydrogen-bond donors (Lipinski definition) is 2. The maximum Gasteiger partial charge on any atom is 0.220 e. The van der Waals surface area contributed by atoms with Crippen molar-refractivity contribution in [2.24, 2.45) is 0 Å². The molecule has 3 aromatic rings. The number of H-pyrrole nitrogens is 1. The van der Waals surface area contributed by atoms with Crippen LogP contribution in [-0.2, 0) is 17.6 Å². The lowest BCUT2D eigenvalue weighted by molar-refractivity contribution is -0.122. The topological polar surface area (TPSA) is 70.9 Å². The van der Waals surface area contributed by atoms with Crippen molar-refractivity contribution in [3.05, 3.63) is 52.5 Å². The van der Waals surface area contributed by atoms with Crippen LogP contribution in [0.25, 0.3) is 10.9 Å². The van der Waals surface area contributed by atoms with Crippen LogP contribution in [0.2, 0.25) is 5.15 Å². The molecule has 2 N–H and O–H groups in total. The molecule has 1 atom stereocenters. The summed E-state index contributed by atoms with van der Waals surface area (Å²) >= 11 is 5.72. The van der Waals surface area contributed by atoms with Gasteiger partial charge in [-0.25, -0.2) is 0 Å². The van der Waals surface area contributed by atoms with Crippen molar-refractivity contribution in [3.63, 3.8) is 0 Å². The molecule has 0 unspecified atom stereocenters. The van der Waals surface area contributed by atoms with Crippen LogP contribution < -0.4 is 5.32 Å². The van der Waals surface area contributed by atoms with E-state index >= 15 is 0 Å². The van der Waals surface area contributed by atoms with Gasteiger partial charge in [-0.2, -0.15) is 0 Å². The zero-order chi connectivity index (χ0) is 16.5. The van der Waals surface area contributed by atoms with E-state index in [4.69, 9.17) is 16.1 Å². The molecule has 124 valence electrons. The SMILES string of the molecule is O=C(CCc1cc(Cl)no1)N[C@@H]1CCCc2c1[nH]c1ccccc21. The Morgan fingerprint density at radius 2 is 2.29 bits per heavy atom. The quantitative estimate of drug-likeness (QED) is 0.753. The summed E-state index contributed by atoms with van der Waals surface area (Å²) < 4.78 is 5.03. The van der Waals surface area contributed by atoms with Crippen molar-refractivity contribution < 1.29 is 9.32 Å². The van der Waals surface area contributed by atoms with E-state index in [0.717, 1.165) is 30.5 Å². The highest BCUT2D eigenvalue weighted by molar-refractivity contribution is 6.29. The van der Waals surface area contributed by atoms with Crippen LogP contribution in [0, 0.1) is 0 Å². The second-order valence-corrected chi connectivity index (χ2v) is 6.58. The molecular formula is C18H18ClN3O2. The second kappa shape index (κ2) is 6.32. The molecule has 0 bridgehead atoms. The highest BCUT2D eigenvalue weighted by atomic mass is 35.5. The molecule has 1 aromatic carbocycles. The van der Waals surface area contributed by atoms with Gasteiger partial charge in [-0.15, -0.1) is 0 Å². The number of carbonyl (C=O) groups excluding carboxylic acids is 1. The lowest BCUT2D eigenvalue weighted by Gasteiger charge is -2.23. The van der Waals surface area contributed by atoms with Crippen LogP contribution in [0.15, 0.2) is 34.9 Å². The summed E-state index contributed by atoms with van der Waals surface area (Å²) in [6, 6.07) is 10.0. The van der Waals surface area contributed by atoms with Gasteiger partial charge in [0, 0.05) is 35.5 Å². The maximum absolute atomic E-state index is 12.3. The van der Waals surface area contributed by atoms with E-state index < -0.39 is 0 Å². The summed E-state index contributed by atoms with van der Waals surface area (Å²) in [4.78, 5) is 15.8. The van der Waals surface area contributed by atoms with Crippen LogP contribution >= 0.6 is 11.6 Å². The van der Waals surface area contributed by atoms with E-state index in [2.05, 4.69) is 33.7 Å². The first-order valence-electron chi connectivity index (χ1n) is 8.20. The number of amides is 1. The van der Waals surface area contributed by atoms with Crippen molar-refractivity contribution in [2.75, 3.05) is 0 Å². The average Bonchev–Trinajstić information content (AvgIpc) is 3.17. The molecule has 1 aliphatic rings. The Balaban J connectivity index is 1.47. The summed E-state index contributed by atoms with van der Waals surface area (Å²) in [7, 11) is 0. The third-order valence-electron chi connectivity index (χ3n) is 4.58. The predicted molar refractivity (Wildman–Crippen MR) is 92.0 cm³/mol. The van der Waals surface area contributed by atoms with Crippen LogP contribution in [0.3, 0.4) is 0 Å². The monoisotopic (exact) mass is 343 g/mol. The minimum atomic E-state index is 0.0130. The molecule has 0 saturated heterocycles. The molecular weight excluding hydrogens is 326 g/mol. The fourth-order valence-corrected chi connectivity index (χ4v) is 3.62. The van der Waals surface area contributed by atoms with Crippen molar-refractivity contribution >= 4 is 28.4 Å². The van der Waals surface area contributed by atoms with Crippen LogP contribution in [0.5, 0.6) is 0 Å². The highest BCUT2D eigenvalue weighted by Crippen LogP contribution is 2.34. The Morgan fingerprint density at radius 1 is 1.42 bits per heavy atom. The van der Waals surface area contributed by atoms with Crippen LogP contribution in [-0.4, -0.2) is 16.0 Å². The molecule has 0 spiro atoms. The Hall–Kier alpha value is -2.27. The van der Waals surface area contributed by atoms with E-state index in [-0.39, 0.29) is 11.9 Å². The molecule has 1 aliphatic carbocycles. The summed E-state index contributed by atoms with van der Waals surface area (Å²) in [5.74, 6) is 0.643. The van der Waals surface area contributed by atoms with Crippen molar-refractivity contribution in [3.8, 4) is 0 Å². The number of hydrogen-bond acceptors (Lipinski definition) is 3. The standard InChI is InChI=1S/C18H18ClN3O2/c19-16-10-11(24-22-16)8-9-17(23)20-15-7-3-5-13-12-4-1-2-6-14(12)21-18(13)15/h1-2,4,6,10,15,21H,3,5,7-9H2,(H,20,23)/t15-/m1/s1. The number of fused-ring (bicyclic) bond motifs is 3. The molecule has 24 heavy (non-hydrogen) atoms. The Kier molecular flexibility index (Phi) is 4.02. The summed E-state index contributed by atoms with van der Waals surface area (Å²) in [5, 5.41) is 8.35. The largest absolute Gasteiger partial charge is 0.360 e. The summed E-state index contributed by atoms with van der Waals surface area (Å²) in [6.45, 7) is 0. The fourth-order valence-electron chi connectivity index (χ4n) is 3.47. The van der Waals surface area contributed by atoms with E-state index in [9.17, 15) is 4.79 Å². The number of aryl methyl sites for hydroxylation is 2. The molecule has 2 aromatic heterocycles. The van der Waals surface area contributed by atoms with E-state index in [1.54, 1.807) is 6.07 Å². The van der Waals surface area contributed by atoms with Gasteiger partial charge in [0.1, 0.15) is 5.76 Å². The first-order valence-corrected chi connectivity index (χ1v) is 8.58. The maximum atomic E-state index is 12.3. The van der Waals surface area contributed by atoms with Gasteiger partial charge in [0.05, 0.1) is 6.04 Å². The van der Waals surface area contributed by atoms with Gasteiger partial charge in [-0.1, -0.05) is 35.0 Å². The van der Waals surface area contributed by atoms with E-state index in [0.29, 0.717) is 23.8 Å². The van der Waals surface area contributed by atoms with E-state index in [1.165, 1.54) is 10.9 Å². The number of carbonyl (C=O) groups is 1. The highest BCUT2D eigenvalue weighted by Gasteiger charge is 2.25. The molecule has 4 rings (SSSR count). The zero-order valence-corrected chi connectivity index (χ0v) is 13.9. The lowest BCUT2D eigenvalue weighted by Crippen LogP contribution is -2.31. The molecule has 1 amide bonds. The molecule has 0 fully saturated rings. The molecule has 0 saturated carbocycles. The molecule has 2 heterocycles. The Bertz CT molecular complexity index is 883. The van der Waals surface area contributed by atoms with Crippen molar-refractivity contribution in [2.45, 2.75) is 38.1 Å². The number of halogens is 1. The second-order valence-electron chi connectivity index (χ2n) is 6.19. The molecule has 6 heteroatoms. The molecule has 0 radical (unpaired) electrons. The smallest absolute Gasteiger partial charge is 0.220 e. The number of aromatic nitrogens is 2. The number of aromatic amines is 1. The summed E-state index contributed by atoms with van der Waals surface area (Å²) in [5.41, 5.74) is 3.63. The van der Waals surface area contributed by atoms with E-state index in [1.807, 2.05) is 6.07 Å². The van der Waals surface area contributed by atoms with Crippen LogP contribution in [0.1, 0.15) is 42.3 Å². The summed E-state index contributed by atoms with van der Waals surface area (Å²) in [6.07, 6.45) is 3.95. The van der Waals surface area contributed by atoms with Crippen LogP contribution in [0.4, 0.5) is 0 Å². The number of rotatable bonds is 4. The average molecular weight is 344 g/mol. The van der Waals surface area contributed by atoms with Gasteiger partial charge in [0.2, 0.25) is 5.91 Å². The van der Waals surface area contributed by atoms with Crippen molar-refractivity contribution in [1.29, 1.82) is 0 Å². The minimum absolute atomic E-state index is 0.0130. The minimum Gasteiger partial charge on any atom is -0.360 e. The normalized spacial score (nSPS) is 17.0. The van der Waals surface area contributed by atoms with Gasteiger partial charge in [-0.3, -0.25) is 4.79 Å². The first-order chi connectivity index (χ1) is 11.7. The predicted octanol–water partition coefficient (Wildman–Crippen LogP) is 3.94. The first kappa shape index (κ1) is 15.3. The van der Waals surface area contributed by atoms with Gasteiger partial charge >= 0.3 is 0 Å². The van der Waals surface area contributed by atoms with Crippen molar-refractivity contribution in [1.82, 2.24) is 15.5 Å². The number of nitrogens with zero attached hydrogens (tertiary/aromatic N) is 1. The molecule has 5 nitrogen and oxygen atoms in total. The fraction of sp³-hybridized carbons (Fsp3) is 0.333. The van der Waals surface area contributed by atoms with Gasteiger partial charge in [0.15, 0.2) is 5.15 Å². The third kappa shape index (κ3) is 2.91. The molecule has 0 aliphatic heterocycles. The number of nitrogens with one attached hydrogen (secondary N) is 2. The van der Waals surface area contributed by atoms with Gasteiger partial charge in [-0.05, 0) is 30.9 Å². The van der Waals surface area contributed by atoms with Gasteiger partial charge < -0.3 is 14.8 Å². The lowest BCUT2D eigenvalue weighted by atomic mass is 9.91. The Morgan fingerprint density at radius 3 is 3.12 bits per heavy atom. The number of benzene rings is 1. The number of para-hydroxylation sites is 1. The zero-order valence-electron chi connectivity index (χ0n) is 13.1.